The number of rotatable bonds is 7. The Morgan fingerprint density at radius 3 is 2.62 bits per heavy atom. The number of nitrogens with zero attached hydrogens (tertiary/aromatic N) is 2. The zero-order valence-electron chi connectivity index (χ0n) is 14.9. The zero-order chi connectivity index (χ0) is 17.0. The van der Waals surface area contributed by atoms with Gasteiger partial charge >= 0.3 is 0 Å². The van der Waals surface area contributed by atoms with Crippen molar-refractivity contribution in [2.75, 3.05) is 46.4 Å². The van der Waals surface area contributed by atoms with Crippen molar-refractivity contribution in [2.45, 2.75) is 50.5 Å². The second-order valence-electron chi connectivity index (χ2n) is 7.55. The monoisotopic (exact) mass is 337 g/mol. The van der Waals surface area contributed by atoms with Crippen LogP contribution < -0.4 is 5.32 Å². The normalized spacial score (nSPS) is 27.1. The summed E-state index contributed by atoms with van der Waals surface area (Å²) in [6.45, 7) is 4.68. The molecule has 0 radical (unpaired) electrons. The second-order valence-corrected chi connectivity index (χ2v) is 7.55. The van der Waals surface area contributed by atoms with E-state index in [-0.39, 0.29) is 23.3 Å². The molecule has 136 valence electrons. The van der Waals surface area contributed by atoms with Crippen LogP contribution in [0.25, 0.3) is 0 Å². The second kappa shape index (κ2) is 7.83. The first-order valence-electron chi connectivity index (χ1n) is 9.46. The third kappa shape index (κ3) is 3.59. The fourth-order valence-electron chi connectivity index (χ4n) is 4.60. The van der Waals surface area contributed by atoms with Crippen LogP contribution in [0.4, 0.5) is 0 Å². The first-order chi connectivity index (χ1) is 11.7. The van der Waals surface area contributed by atoms with Gasteiger partial charge in [0.25, 0.3) is 0 Å². The third-order valence-electron chi connectivity index (χ3n) is 5.98. The van der Waals surface area contributed by atoms with Gasteiger partial charge < -0.3 is 15.0 Å². The van der Waals surface area contributed by atoms with Gasteiger partial charge in [0.05, 0.1) is 6.61 Å². The van der Waals surface area contributed by atoms with Crippen molar-refractivity contribution in [1.29, 1.82) is 0 Å². The van der Waals surface area contributed by atoms with E-state index in [0.717, 1.165) is 45.3 Å². The summed E-state index contributed by atoms with van der Waals surface area (Å²) >= 11 is 0. The molecule has 0 aromatic heterocycles. The number of likely N-dealkylation sites (tertiary alicyclic amines) is 2. The Kier molecular flexibility index (Phi) is 5.76. The van der Waals surface area contributed by atoms with E-state index >= 15 is 0 Å². The standard InChI is InChI=1S/C18H31N3O3/c1-24-11-10-20-14-15(12-16(20)22)13-19-17(23)18(6-2-3-7-18)21-8-4-5-9-21/h15H,2-14H2,1H3,(H,19,23). The lowest BCUT2D eigenvalue weighted by atomic mass is 9.93. The van der Waals surface area contributed by atoms with Crippen molar-refractivity contribution < 1.29 is 14.3 Å². The lowest BCUT2D eigenvalue weighted by molar-refractivity contribution is -0.133. The summed E-state index contributed by atoms with van der Waals surface area (Å²) in [5.41, 5.74) is -0.269. The molecule has 3 fully saturated rings. The van der Waals surface area contributed by atoms with Crippen molar-refractivity contribution in [3.63, 3.8) is 0 Å². The van der Waals surface area contributed by atoms with E-state index in [4.69, 9.17) is 4.74 Å². The number of ether oxygens (including phenoxy) is 1. The summed E-state index contributed by atoms with van der Waals surface area (Å²) < 4.78 is 5.05. The fraction of sp³-hybridized carbons (Fsp3) is 0.889. The maximum Gasteiger partial charge on any atom is 0.240 e. The summed E-state index contributed by atoms with van der Waals surface area (Å²) in [4.78, 5) is 29.3. The van der Waals surface area contributed by atoms with E-state index in [2.05, 4.69) is 10.2 Å². The highest BCUT2D eigenvalue weighted by atomic mass is 16.5. The molecule has 0 bridgehead atoms. The molecule has 2 saturated heterocycles. The van der Waals surface area contributed by atoms with Crippen LogP contribution in [0.1, 0.15) is 44.9 Å². The SMILES string of the molecule is COCCN1CC(CNC(=O)C2(N3CCCC3)CCCC2)CC1=O. The maximum absolute atomic E-state index is 13.0. The van der Waals surface area contributed by atoms with Gasteiger partial charge in [-0.3, -0.25) is 14.5 Å². The number of carbonyl (C=O) groups is 2. The molecule has 3 rings (SSSR count). The van der Waals surface area contributed by atoms with Gasteiger partial charge in [0.15, 0.2) is 0 Å². The molecule has 1 atom stereocenters. The molecule has 3 aliphatic rings. The Morgan fingerprint density at radius 1 is 1.25 bits per heavy atom. The maximum atomic E-state index is 13.0. The number of methoxy groups -OCH3 is 1. The van der Waals surface area contributed by atoms with Crippen molar-refractivity contribution in [1.82, 2.24) is 15.1 Å². The predicted octanol–water partition coefficient (Wildman–Crippen LogP) is 1.01. The third-order valence-corrected chi connectivity index (χ3v) is 5.98. The number of carbonyl (C=O) groups excluding carboxylic acids is 2. The summed E-state index contributed by atoms with van der Waals surface area (Å²) in [6, 6.07) is 0. The van der Waals surface area contributed by atoms with Crippen LogP contribution in [0, 0.1) is 5.92 Å². The minimum atomic E-state index is -0.269. The van der Waals surface area contributed by atoms with Crippen molar-refractivity contribution in [3.8, 4) is 0 Å². The molecule has 24 heavy (non-hydrogen) atoms. The van der Waals surface area contributed by atoms with E-state index in [0.29, 0.717) is 26.1 Å². The van der Waals surface area contributed by atoms with Gasteiger partial charge in [-0.2, -0.15) is 0 Å². The first-order valence-corrected chi connectivity index (χ1v) is 9.46. The van der Waals surface area contributed by atoms with Gasteiger partial charge in [0.2, 0.25) is 11.8 Å². The van der Waals surface area contributed by atoms with Crippen LogP contribution in [0.2, 0.25) is 0 Å². The van der Waals surface area contributed by atoms with Crippen LogP contribution >= 0.6 is 0 Å². The van der Waals surface area contributed by atoms with E-state index in [1.54, 1.807) is 7.11 Å². The molecule has 1 N–H and O–H groups in total. The lowest BCUT2D eigenvalue weighted by Gasteiger charge is -2.37. The molecule has 1 aliphatic carbocycles. The highest BCUT2D eigenvalue weighted by molar-refractivity contribution is 5.87. The Labute approximate surface area is 144 Å². The number of hydrogen-bond donors (Lipinski definition) is 1. The van der Waals surface area contributed by atoms with Crippen molar-refractivity contribution in [2.24, 2.45) is 5.92 Å². The molecular weight excluding hydrogens is 306 g/mol. The smallest absolute Gasteiger partial charge is 0.240 e. The average molecular weight is 337 g/mol. The minimum Gasteiger partial charge on any atom is -0.383 e. The van der Waals surface area contributed by atoms with Crippen LogP contribution in [0.15, 0.2) is 0 Å². The summed E-state index contributed by atoms with van der Waals surface area (Å²) in [6.07, 6.45) is 7.24. The molecule has 6 heteroatoms. The van der Waals surface area contributed by atoms with Crippen LogP contribution in [-0.4, -0.2) is 73.6 Å². The Balaban J connectivity index is 1.52. The molecule has 2 amide bonds. The molecule has 1 unspecified atom stereocenters. The average Bonchev–Trinajstić information content (AvgIpc) is 3.31. The molecule has 1 saturated carbocycles. The number of nitrogens with one attached hydrogen (secondary N) is 1. The van der Waals surface area contributed by atoms with Gasteiger partial charge in [0.1, 0.15) is 5.54 Å². The van der Waals surface area contributed by atoms with Crippen LogP contribution in [0.3, 0.4) is 0 Å². The van der Waals surface area contributed by atoms with Crippen molar-refractivity contribution >= 4 is 11.8 Å². The zero-order valence-corrected chi connectivity index (χ0v) is 14.9. The number of hydrogen-bond acceptors (Lipinski definition) is 4. The molecule has 2 heterocycles. The van der Waals surface area contributed by atoms with Crippen molar-refractivity contribution in [3.05, 3.63) is 0 Å². The van der Waals surface area contributed by atoms with E-state index in [9.17, 15) is 9.59 Å². The minimum absolute atomic E-state index is 0.182. The lowest BCUT2D eigenvalue weighted by Crippen LogP contribution is -2.56. The molecule has 0 aromatic rings. The molecule has 2 aliphatic heterocycles. The summed E-state index contributed by atoms with van der Waals surface area (Å²) in [5.74, 6) is 0.612. The molecule has 6 nitrogen and oxygen atoms in total. The molecule has 0 spiro atoms. The largest absolute Gasteiger partial charge is 0.383 e. The van der Waals surface area contributed by atoms with Crippen LogP contribution in [-0.2, 0) is 14.3 Å². The molecule has 0 aromatic carbocycles. The molecular formula is C18H31N3O3. The Morgan fingerprint density at radius 2 is 1.96 bits per heavy atom. The summed E-state index contributed by atoms with van der Waals surface area (Å²) in [7, 11) is 1.65. The van der Waals surface area contributed by atoms with Gasteiger partial charge in [-0.25, -0.2) is 0 Å². The number of amides is 2. The fourth-order valence-corrected chi connectivity index (χ4v) is 4.60. The Hall–Kier alpha value is -1.14. The van der Waals surface area contributed by atoms with Gasteiger partial charge in [-0.05, 0) is 38.8 Å². The predicted molar refractivity (Wildman–Crippen MR) is 91.6 cm³/mol. The quantitative estimate of drug-likeness (QED) is 0.753. The summed E-state index contributed by atoms with van der Waals surface area (Å²) in [5, 5.41) is 3.19. The highest BCUT2D eigenvalue weighted by Crippen LogP contribution is 2.37. The van der Waals surface area contributed by atoms with Crippen LogP contribution in [0.5, 0.6) is 0 Å². The van der Waals surface area contributed by atoms with Gasteiger partial charge in [0, 0.05) is 39.1 Å². The van der Waals surface area contributed by atoms with E-state index < -0.39 is 0 Å². The topological polar surface area (TPSA) is 61.9 Å². The van der Waals surface area contributed by atoms with E-state index in [1.807, 2.05) is 4.90 Å². The Bertz CT molecular complexity index is 456. The highest BCUT2D eigenvalue weighted by Gasteiger charge is 2.46. The van der Waals surface area contributed by atoms with E-state index in [1.165, 1.54) is 12.8 Å². The van der Waals surface area contributed by atoms with Gasteiger partial charge in [-0.1, -0.05) is 12.8 Å². The van der Waals surface area contributed by atoms with Gasteiger partial charge in [-0.15, -0.1) is 0 Å². The first kappa shape index (κ1) is 17.7.